The quantitative estimate of drug-likeness (QED) is 0.320. The van der Waals surface area contributed by atoms with Crippen LogP contribution in [0.1, 0.15) is 52.6 Å². The molecule has 1 unspecified atom stereocenters. The molecule has 10 nitrogen and oxygen atoms in total. The molecular formula is C26H38BrN3O7. The number of esters is 1. The van der Waals surface area contributed by atoms with E-state index in [1.54, 1.807) is 25.7 Å². The van der Waals surface area contributed by atoms with E-state index in [1.165, 1.54) is 0 Å². The Morgan fingerprint density at radius 2 is 1.78 bits per heavy atom. The summed E-state index contributed by atoms with van der Waals surface area (Å²) < 4.78 is 16.5. The van der Waals surface area contributed by atoms with E-state index < -0.39 is 42.3 Å². The van der Waals surface area contributed by atoms with Crippen molar-refractivity contribution >= 4 is 39.8 Å². The van der Waals surface area contributed by atoms with Gasteiger partial charge in [0.1, 0.15) is 18.2 Å². The number of halogens is 1. The molecule has 11 heteroatoms. The maximum absolute atomic E-state index is 13.1. The predicted molar refractivity (Wildman–Crippen MR) is 141 cm³/mol. The SMILES string of the molecule is CC(C)C[C@H](NC(=O)CBr)C(=O)N[C@@H](COC(=O)N1CCOCC1c1ccccc1)C(=O)OC(C)(C)C. The zero-order chi connectivity index (χ0) is 27.6. The van der Waals surface area contributed by atoms with Gasteiger partial charge in [0.25, 0.3) is 0 Å². The van der Waals surface area contributed by atoms with Gasteiger partial charge in [-0.25, -0.2) is 9.59 Å². The summed E-state index contributed by atoms with van der Waals surface area (Å²) in [5, 5.41) is 5.29. The molecule has 1 heterocycles. The summed E-state index contributed by atoms with van der Waals surface area (Å²) in [4.78, 5) is 52.6. The first-order chi connectivity index (χ1) is 17.4. The minimum atomic E-state index is -1.26. The molecule has 0 bridgehead atoms. The lowest BCUT2D eigenvalue weighted by Gasteiger charge is -2.35. The zero-order valence-corrected chi connectivity index (χ0v) is 23.7. The van der Waals surface area contributed by atoms with Gasteiger partial charge < -0.3 is 24.8 Å². The number of morpholine rings is 1. The summed E-state index contributed by atoms with van der Waals surface area (Å²) in [6, 6.07) is 6.98. The van der Waals surface area contributed by atoms with Crippen LogP contribution in [0.15, 0.2) is 30.3 Å². The van der Waals surface area contributed by atoms with Crippen LogP contribution in [0.25, 0.3) is 0 Å². The molecule has 0 aliphatic carbocycles. The Kier molecular flexibility index (Phi) is 11.8. The molecule has 206 valence electrons. The third kappa shape index (κ3) is 10.3. The molecule has 37 heavy (non-hydrogen) atoms. The monoisotopic (exact) mass is 583 g/mol. The van der Waals surface area contributed by atoms with Crippen molar-refractivity contribution in [3.05, 3.63) is 35.9 Å². The van der Waals surface area contributed by atoms with Gasteiger partial charge in [-0.3, -0.25) is 14.5 Å². The standard InChI is InChI=1S/C26H38BrN3O7/c1-17(2)13-19(28-22(31)14-27)23(32)29-20(24(33)37-26(3,4)5)15-36-25(34)30-11-12-35-16-21(30)18-9-7-6-8-10-18/h6-10,17,19-21H,11-16H2,1-5H3,(H,28,31)(H,29,32)/t19-,20-,21?/m0/s1. The number of nitrogens with one attached hydrogen (secondary N) is 2. The maximum Gasteiger partial charge on any atom is 0.410 e. The van der Waals surface area contributed by atoms with Gasteiger partial charge in [0, 0.05) is 6.54 Å². The lowest BCUT2D eigenvalue weighted by molar-refractivity contribution is -0.160. The first kappa shape index (κ1) is 30.6. The van der Waals surface area contributed by atoms with Gasteiger partial charge in [0.05, 0.1) is 24.6 Å². The molecule has 2 rings (SSSR count). The van der Waals surface area contributed by atoms with Crippen LogP contribution in [-0.2, 0) is 28.6 Å². The molecule has 1 aliphatic rings. The van der Waals surface area contributed by atoms with Crippen molar-refractivity contribution in [3.63, 3.8) is 0 Å². The van der Waals surface area contributed by atoms with E-state index in [0.29, 0.717) is 26.2 Å². The summed E-state index contributed by atoms with van der Waals surface area (Å²) in [5.74, 6) is -1.57. The van der Waals surface area contributed by atoms with Crippen molar-refractivity contribution in [1.29, 1.82) is 0 Å². The van der Waals surface area contributed by atoms with Crippen LogP contribution < -0.4 is 10.6 Å². The number of carbonyl (C=O) groups excluding carboxylic acids is 4. The van der Waals surface area contributed by atoms with E-state index in [2.05, 4.69) is 26.6 Å². The second-order valence-electron chi connectivity index (χ2n) is 10.2. The van der Waals surface area contributed by atoms with Crippen LogP contribution in [0.2, 0.25) is 0 Å². The molecule has 1 fully saturated rings. The summed E-state index contributed by atoms with van der Waals surface area (Å²) in [7, 11) is 0. The fraction of sp³-hybridized carbons (Fsp3) is 0.615. The maximum atomic E-state index is 13.1. The largest absolute Gasteiger partial charge is 0.458 e. The Hall–Kier alpha value is -2.66. The normalized spacial score (nSPS) is 17.5. The van der Waals surface area contributed by atoms with Crippen molar-refractivity contribution in [1.82, 2.24) is 15.5 Å². The van der Waals surface area contributed by atoms with Gasteiger partial charge in [0.15, 0.2) is 6.04 Å². The second kappa shape index (κ2) is 14.3. The topological polar surface area (TPSA) is 123 Å². The summed E-state index contributed by atoms with van der Waals surface area (Å²) in [6.07, 6.45) is -0.274. The molecule has 1 aromatic carbocycles. The Labute approximate surface area is 226 Å². The Morgan fingerprint density at radius 3 is 2.38 bits per heavy atom. The molecule has 1 aromatic rings. The van der Waals surface area contributed by atoms with Crippen LogP contribution in [0.5, 0.6) is 0 Å². The first-order valence-corrected chi connectivity index (χ1v) is 13.5. The minimum Gasteiger partial charge on any atom is -0.458 e. The molecule has 1 saturated heterocycles. The lowest BCUT2D eigenvalue weighted by atomic mass is 10.0. The number of carbonyl (C=O) groups is 4. The average Bonchev–Trinajstić information content (AvgIpc) is 2.84. The van der Waals surface area contributed by atoms with Crippen molar-refractivity contribution < 1.29 is 33.4 Å². The number of hydrogen-bond acceptors (Lipinski definition) is 7. The Bertz CT molecular complexity index is 920. The van der Waals surface area contributed by atoms with Crippen molar-refractivity contribution in [3.8, 4) is 0 Å². The van der Waals surface area contributed by atoms with E-state index in [4.69, 9.17) is 14.2 Å². The van der Waals surface area contributed by atoms with Gasteiger partial charge in [0.2, 0.25) is 11.8 Å². The fourth-order valence-electron chi connectivity index (χ4n) is 3.76. The van der Waals surface area contributed by atoms with Crippen LogP contribution in [0, 0.1) is 5.92 Å². The molecular weight excluding hydrogens is 546 g/mol. The van der Waals surface area contributed by atoms with Gasteiger partial charge in [-0.05, 0) is 38.7 Å². The number of ether oxygens (including phenoxy) is 3. The summed E-state index contributed by atoms with van der Waals surface area (Å²) in [6.45, 7) is 9.49. The van der Waals surface area contributed by atoms with Crippen LogP contribution >= 0.6 is 15.9 Å². The van der Waals surface area contributed by atoms with Crippen molar-refractivity contribution in [2.45, 2.75) is 64.8 Å². The molecule has 3 atom stereocenters. The van der Waals surface area contributed by atoms with Crippen molar-refractivity contribution in [2.75, 3.05) is 31.7 Å². The lowest BCUT2D eigenvalue weighted by Crippen LogP contribution is -2.55. The van der Waals surface area contributed by atoms with Crippen LogP contribution in [0.3, 0.4) is 0 Å². The van der Waals surface area contributed by atoms with Crippen LogP contribution in [-0.4, -0.2) is 78.2 Å². The third-order valence-electron chi connectivity index (χ3n) is 5.41. The van der Waals surface area contributed by atoms with Crippen LogP contribution in [0.4, 0.5) is 4.79 Å². The van der Waals surface area contributed by atoms with Gasteiger partial charge in [-0.2, -0.15) is 0 Å². The number of nitrogens with zero attached hydrogens (tertiary/aromatic N) is 1. The fourth-order valence-corrected chi connectivity index (χ4v) is 3.92. The minimum absolute atomic E-state index is 0.0319. The smallest absolute Gasteiger partial charge is 0.410 e. The predicted octanol–water partition coefficient (Wildman–Crippen LogP) is 2.95. The van der Waals surface area contributed by atoms with Gasteiger partial charge >= 0.3 is 12.1 Å². The van der Waals surface area contributed by atoms with E-state index in [1.807, 2.05) is 44.2 Å². The second-order valence-corrected chi connectivity index (χ2v) is 10.8. The highest BCUT2D eigenvalue weighted by atomic mass is 79.9. The number of alkyl halides is 1. The van der Waals surface area contributed by atoms with E-state index >= 15 is 0 Å². The van der Waals surface area contributed by atoms with E-state index in [-0.39, 0.29) is 23.2 Å². The first-order valence-electron chi connectivity index (χ1n) is 12.4. The molecule has 1 aliphatic heterocycles. The molecule has 2 N–H and O–H groups in total. The summed E-state index contributed by atoms with van der Waals surface area (Å²) >= 11 is 3.08. The van der Waals surface area contributed by atoms with E-state index in [0.717, 1.165) is 5.56 Å². The average molecular weight is 585 g/mol. The zero-order valence-electron chi connectivity index (χ0n) is 22.1. The molecule has 3 amide bonds. The number of rotatable bonds is 10. The highest BCUT2D eigenvalue weighted by Gasteiger charge is 2.34. The van der Waals surface area contributed by atoms with Gasteiger partial charge in [-0.15, -0.1) is 0 Å². The molecule has 0 spiro atoms. The molecule has 0 saturated carbocycles. The molecule has 0 radical (unpaired) electrons. The van der Waals surface area contributed by atoms with Gasteiger partial charge in [-0.1, -0.05) is 60.1 Å². The highest BCUT2D eigenvalue weighted by molar-refractivity contribution is 9.09. The summed E-state index contributed by atoms with van der Waals surface area (Å²) in [5.41, 5.74) is 0.0731. The highest BCUT2D eigenvalue weighted by Crippen LogP contribution is 2.24. The number of hydrogen-bond donors (Lipinski definition) is 2. The Morgan fingerprint density at radius 1 is 1.11 bits per heavy atom. The van der Waals surface area contributed by atoms with E-state index in [9.17, 15) is 19.2 Å². The number of amides is 3. The van der Waals surface area contributed by atoms with Crippen molar-refractivity contribution in [2.24, 2.45) is 5.92 Å². The molecule has 0 aromatic heterocycles. The third-order valence-corrected chi connectivity index (χ3v) is 5.92. The number of benzene rings is 1. The Balaban J connectivity index is 2.16.